The van der Waals surface area contributed by atoms with Gasteiger partial charge >= 0.3 is 0 Å². The molecule has 1 aliphatic heterocycles. The van der Waals surface area contributed by atoms with Gasteiger partial charge in [0, 0.05) is 36.8 Å². The first-order valence-electron chi connectivity index (χ1n) is 11.1. The van der Waals surface area contributed by atoms with Crippen molar-refractivity contribution in [2.75, 3.05) is 33.1 Å². The predicted molar refractivity (Wildman–Crippen MR) is 134 cm³/mol. The van der Waals surface area contributed by atoms with Crippen LogP contribution in [0.15, 0.2) is 58.3 Å². The highest BCUT2D eigenvalue weighted by atomic mass is 32.2. The topological polar surface area (TPSA) is 97.3 Å². The monoisotopic (exact) mass is 485 g/mol. The molecule has 0 aliphatic carbocycles. The second kappa shape index (κ2) is 11.2. The van der Waals surface area contributed by atoms with Crippen LogP contribution in [0.5, 0.6) is 11.5 Å². The van der Waals surface area contributed by atoms with Gasteiger partial charge in [0.25, 0.3) is 15.9 Å². The number of rotatable bonds is 8. The lowest BCUT2D eigenvalue weighted by Gasteiger charge is -2.17. The first-order chi connectivity index (χ1) is 16.3. The Labute approximate surface area is 201 Å². The lowest BCUT2D eigenvalue weighted by Crippen LogP contribution is -2.26. The number of sulfonamides is 1. The number of ether oxygens (including phenoxy) is 2. The summed E-state index contributed by atoms with van der Waals surface area (Å²) < 4.78 is 40.8. The second-order valence-corrected chi connectivity index (χ2v) is 9.66. The molecule has 9 heteroatoms. The lowest BCUT2D eigenvalue weighted by atomic mass is 10.0. The largest absolute Gasteiger partial charge is 0.493 e. The number of benzene rings is 2. The van der Waals surface area contributed by atoms with Gasteiger partial charge in [-0.1, -0.05) is 18.6 Å². The first kappa shape index (κ1) is 25.3. The molecule has 1 N–H and O–H groups in total. The van der Waals surface area contributed by atoms with Gasteiger partial charge in [0.2, 0.25) is 0 Å². The van der Waals surface area contributed by atoms with Crippen molar-refractivity contribution in [3.05, 3.63) is 60.2 Å². The van der Waals surface area contributed by atoms with E-state index < -0.39 is 15.9 Å². The van der Waals surface area contributed by atoms with Crippen LogP contribution in [0.25, 0.3) is 0 Å². The number of nitrogens with one attached hydrogen (secondary N) is 1. The number of nitrogens with zero attached hydrogens (tertiary/aromatic N) is 2. The van der Waals surface area contributed by atoms with Crippen molar-refractivity contribution in [1.29, 1.82) is 0 Å². The number of allylic oxidation sites excluding steroid dienone is 1. The third kappa shape index (κ3) is 5.96. The minimum absolute atomic E-state index is 0.0232. The summed E-state index contributed by atoms with van der Waals surface area (Å²) in [4.78, 5) is 14.9. The fourth-order valence-corrected chi connectivity index (χ4v) is 4.99. The van der Waals surface area contributed by atoms with Gasteiger partial charge in [0.1, 0.15) is 5.84 Å². The minimum Gasteiger partial charge on any atom is -0.493 e. The Morgan fingerprint density at radius 1 is 1.18 bits per heavy atom. The van der Waals surface area contributed by atoms with E-state index in [9.17, 15) is 13.2 Å². The van der Waals surface area contributed by atoms with Gasteiger partial charge in [-0.15, -0.1) is 11.0 Å². The molecule has 0 unspecified atom stereocenters. The predicted octanol–water partition coefficient (Wildman–Crippen LogP) is 4.28. The Bertz CT molecular complexity index is 1190. The summed E-state index contributed by atoms with van der Waals surface area (Å²) in [7, 11) is 0.976. The third-order valence-corrected chi connectivity index (χ3v) is 6.93. The van der Waals surface area contributed by atoms with Crippen molar-refractivity contribution < 1.29 is 22.7 Å². The standard InChI is InChI=1S/C25H31N3O5S/c1-5-10-18-15-19(16-22(32-3)24(18)33-4)25(29)26-20-11-9-12-21(17-20)34(30,31)27-23-13-7-6-8-14-28(23)2/h5,9,11-12,15-17H,1,6-8,10,13-14H2,2-4H3,(H,26,29)/b27-23-. The highest BCUT2D eigenvalue weighted by molar-refractivity contribution is 7.90. The quantitative estimate of drug-likeness (QED) is 0.561. The maximum Gasteiger partial charge on any atom is 0.284 e. The van der Waals surface area contributed by atoms with E-state index in [0.29, 0.717) is 41.4 Å². The molecule has 1 amide bonds. The zero-order valence-electron chi connectivity index (χ0n) is 19.8. The van der Waals surface area contributed by atoms with Gasteiger partial charge in [0.05, 0.1) is 19.1 Å². The molecule has 3 rings (SSSR count). The number of methoxy groups -OCH3 is 2. The smallest absolute Gasteiger partial charge is 0.284 e. The van der Waals surface area contributed by atoms with Gasteiger partial charge in [-0.25, -0.2) is 0 Å². The Morgan fingerprint density at radius 2 is 1.97 bits per heavy atom. The number of hydrogen-bond donors (Lipinski definition) is 1. The Morgan fingerprint density at radius 3 is 2.68 bits per heavy atom. The SMILES string of the molecule is C=CCc1cc(C(=O)Nc2cccc(S(=O)(=O)/N=C3/CCCCCN3C)c2)cc(OC)c1OC. The number of carbonyl (C=O) groups is 1. The maximum atomic E-state index is 13.0. The summed E-state index contributed by atoms with van der Waals surface area (Å²) in [6, 6.07) is 9.39. The fourth-order valence-electron chi connectivity index (χ4n) is 3.85. The molecule has 2 aromatic carbocycles. The third-order valence-electron chi connectivity index (χ3n) is 5.63. The van der Waals surface area contributed by atoms with Gasteiger partial charge in [0.15, 0.2) is 11.5 Å². The molecule has 0 spiro atoms. The number of amides is 1. The first-order valence-corrected chi connectivity index (χ1v) is 12.5. The van der Waals surface area contributed by atoms with Crippen molar-refractivity contribution in [2.45, 2.75) is 37.0 Å². The van der Waals surface area contributed by atoms with E-state index in [1.165, 1.54) is 26.4 Å². The number of likely N-dealkylation sites (tertiary alicyclic amines) is 1. The van der Waals surface area contributed by atoms with Crippen LogP contribution in [0.3, 0.4) is 0 Å². The van der Waals surface area contributed by atoms with Crippen LogP contribution in [-0.2, 0) is 16.4 Å². The molecule has 8 nitrogen and oxygen atoms in total. The molecular formula is C25H31N3O5S. The summed E-state index contributed by atoms with van der Waals surface area (Å²) in [5.74, 6) is 1.11. The van der Waals surface area contributed by atoms with Gasteiger partial charge < -0.3 is 19.7 Å². The van der Waals surface area contributed by atoms with Gasteiger partial charge in [-0.05, 0) is 49.6 Å². The van der Waals surface area contributed by atoms with Crippen molar-refractivity contribution >= 4 is 27.5 Å². The average molecular weight is 486 g/mol. The van der Waals surface area contributed by atoms with E-state index in [-0.39, 0.29) is 4.90 Å². The van der Waals surface area contributed by atoms with Crippen LogP contribution in [0.2, 0.25) is 0 Å². The van der Waals surface area contributed by atoms with Gasteiger partial charge in [-0.2, -0.15) is 8.42 Å². The maximum absolute atomic E-state index is 13.0. The number of amidine groups is 1. The van der Waals surface area contributed by atoms with Crippen molar-refractivity contribution in [1.82, 2.24) is 4.90 Å². The van der Waals surface area contributed by atoms with E-state index in [4.69, 9.17) is 9.47 Å². The molecular weight excluding hydrogens is 454 g/mol. The second-order valence-electron chi connectivity index (χ2n) is 8.06. The molecule has 1 heterocycles. The molecule has 0 atom stereocenters. The van der Waals surface area contributed by atoms with E-state index in [0.717, 1.165) is 31.4 Å². The normalized spacial score (nSPS) is 15.5. The van der Waals surface area contributed by atoms with E-state index in [1.807, 2.05) is 11.9 Å². The van der Waals surface area contributed by atoms with Crippen molar-refractivity contribution in [3.8, 4) is 11.5 Å². The zero-order valence-corrected chi connectivity index (χ0v) is 20.7. The van der Waals surface area contributed by atoms with Crippen LogP contribution in [0.4, 0.5) is 5.69 Å². The Kier molecular flexibility index (Phi) is 8.33. The molecule has 1 aliphatic rings. The Hall–Kier alpha value is -3.33. The fraction of sp³-hybridized carbons (Fsp3) is 0.360. The lowest BCUT2D eigenvalue weighted by molar-refractivity contribution is 0.102. The molecule has 0 aromatic heterocycles. The average Bonchev–Trinajstić information content (AvgIpc) is 3.02. The van der Waals surface area contributed by atoms with E-state index in [2.05, 4.69) is 16.3 Å². The summed E-state index contributed by atoms with van der Waals surface area (Å²) in [5, 5.41) is 2.77. The van der Waals surface area contributed by atoms with Crippen LogP contribution >= 0.6 is 0 Å². The molecule has 182 valence electrons. The number of anilines is 1. The molecule has 0 bridgehead atoms. The van der Waals surface area contributed by atoms with Crippen LogP contribution in [0.1, 0.15) is 41.6 Å². The summed E-state index contributed by atoms with van der Waals surface area (Å²) >= 11 is 0. The summed E-state index contributed by atoms with van der Waals surface area (Å²) in [6.07, 6.45) is 5.80. The summed E-state index contributed by atoms with van der Waals surface area (Å²) in [6.45, 7) is 4.53. The Balaban J connectivity index is 1.87. The molecule has 1 saturated heterocycles. The highest BCUT2D eigenvalue weighted by Gasteiger charge is 2.20. The van der Waals surface area contributed by atoms with Crippen molar-refractivity contribution in [2.24, 2.45) is 4.40 Å². The minimum atomic E-state index is -3.92. The van der Waals surface area contributed by atoms with Crippen LogP contribution in [0, 0.1) is 0 Å². The number of carbonyl (C=O) groups excluding carboxylic acids is 1. The molecule has 0 saturated carbocycles. The zero-order chi connectivity index (χ0) is 24.7. The van der Waals surface area contributed by atoms with Crippen molar-refractivity contribution in [3.63, 3.8) is 0 Å². The molecule has 34 heavy (non-hydrogen) atoms. The van der Waals surface area contributed by atoms with E-state index in [1.54, 1.807) is 30.3 Å². The van der Waals surface area contributed by atoms with Crippen LogP contribution in [-0.4, -0.2) is 52.9 Å². The number of hydrogen-bond acceptors (Lipinski definition) is 5. The highest BCUT2D eigenvalue weighted by Crippen LogP contribution is 2.33. The van der Waals surface area contributed by atoms with Crippen LogP contribution < -0.4 is 14.8 Å². The molecule has 2 aromatic rings. The molecule has 1 fully saturated rings. The molecule has 0 radical (unpaired) electrons. The van der Waals surface area contributed by atoms with Gasteiger partial charge in [-0.3, -0.25) is 4.79 Å². The van der Waals surface area contributed by atoms with E-state index >= 15 is 0 Å². The summed E-state index contributed by atoms with van der Waals surface area (Å²) in [5.41, 5.74) is 1.45.